The van der Waals surface area contributed by atoms with E-state index in [1.165, 1.54) is 18.6 Å². The predicted octanol–water partition coefficient (Wildman–Crippen LogP) is 1.93. The number of nitrogens with two attached hydrogens (primary N) is 1. The lowest BCUT2D eigenvalue weighted by atomic mass is 10.1. The van der Waals surface area contributed by atoms with Crippen LogP contribution in [0.4, 0.5) is 10.1 Å². The van der Waals surface area contributed by atoms with Gasteiger partial charge in [0.05, 0.1) is 0 Å². The van der Waals surface area contributed by atoms with Crippen LogP contribution in [0.25, 0.3) is 0 Å². The number of nitrogens with zero attached hydrogens (tertiary/aromatic N) is 2. The summed E-state index contributed by atoms with van der Waals surface area (Å²) in [6.45, 7) is 6.33. The first-order valence-electron chi connectivity index (χ1n) is 6.53. The van der Waals surface area contributed by atoms with Crippen LogP contribution in [-0.2, 0) is 6.54 Å². The van der Waals surface area contributed by atoms with Crippen molar-refractivity contribution in [3.8, 4) is 0 Å². The smallest absolute Gasteiger partial charge is 0.125 e. The van der Waals surface area contributed by atoms with Crippen LogP contribution in [-0.4, -0.2) is 42.5 Å². The van der Waals surface area contributed by atoms with Crippen molar-refractivity contribution in [3.63, 3.8) is 0 Å². The molecule has 1 aliphatic heterocycles. The molecule has 0 aliphatic carbocycles. The molecule has 0 saturated carbocycles. The summed E-state index contributed by atoms with van der Waals surface area (Å²) in [7, 11) is 2.16. The van der Waals surface area contributed by atoms with Gasteiger partial charge < -0.3 is 10.6 Å². The number of nitrogen functional groups attached to an aromatic ring is 1. The zero-order valence-corrected chi connectivity index (χ0v) is 11.2. The Bertz CT molecular complexity index is 408. The van der Waals surface area contributed by atoms with Crippen LogP contribution in [0.15, 0.2) is 18.2 Å². The van der Waals surface area contributed by atoms with Crippen molar-refractivity contribution in [2.45, 2.75) is 25.9 Å². The van der Waals surface area contributed by atoms with E-state index in [0.29, 0.717) is 11.7 Å². The van der Waals surface area contributed by atoms with Crippen molar-refractivity contribution in [2.24, 2.45) is 0 Å². The molecule has 1 aromatic rings. The lowest BCUT2D eigenvalue weighted by molar-refractivity contribution is 0.195. The molecule has 1 fully saturated rings. The van der Waals surface area contributed by atoms with E-state index >= 15 is 0 Å². The molecule has 2 rings (SSSR count). The molecule has 18 heavy (non-hydrogen) atoms. The number of hydrogen-bond donors (Lipinski definition) is 1. The van der Waals surface area contributed by atoms with Gasteiger partial charge in [-0.25, -0.2) is 4.39 Å². The summed E-state index contributed by atoms with van der Waals surface area (Å²) in [4.78, 5) is 4.78. The first-order chi connectivity index (χ1) is 8.56. The number of hydrogen-bond acceptors (Lipinski definition) is 3. The minimum absolute atomic E-state index is 0.264. The highest BCUT2D eigenvalue weighted by molar-refractivity contribution is 5.46. The van der Waals surface area contributed by atoms with Gasteiger partial charge >= 0.3 is 0 Å². The lowest BCUT2D eigenvalue weighted by Gasteiger charge is -2.28. The third-order valence-electron chi connectivity index (χ3n) is 3.67. The van der Waals surface area contributed by atoms with Gasteiger partial charge in [0.25, 0.3) is 0 Å². The van der Waals surface area contributed by atoms with Gasteiger partial charge in [0.2, 0.25) is 0 Å². The zero-order valence-electron chi connectivity index (χ0n) is 11.2. The Kier molecular flexibility index (Phi) is 4.19. The normalized spacial score (nSPS) is 22.9. The summed E-state index contributed by atoms with van der Waals surface area (Å²) < 4.78 is 13.0. The van der Waals surface area contributed by atoms with Crippen LogP contribution >= 0.6 is 0 Å². The molecule has 1 heterocycles. The maximum Gasteiger partial charge on any atom is 0.125 e. The van der Waals surface area contributed by atoms with Crippen molar-refractivity contribution < 1.29 is 4.39 Å². The molecule has 0 aromatic heterocycles. The van der Waals surface area contributed by atoms with Crippen LogP contribution in [0, 0.1) is 5.82 Å². The molecule has 2 N–H and O–H groups in total. The largest absolute Gasteiger partial charge is 0.398 e. The minimum Gasteiger partial charge on any atom is -0.398 e. The highest BCUT2D eigenvalue weighted by atomic mass is 19.1. The number of anilines is 1. The van der Waals surface area contributed by atoms with E-state index in [-0.39, 0.29) is 5.82 Å². The third kappa shape index (κ3) is 3.21. The summed E-state index contributed by atoms with van der Waals surface area (Å²) in [6.07, 6.45) is 1.17. The van der Waals surface area contributed by atoms with E-state index in [2.05, 4.69) is 23.8 Å². The highest BCUT2D eigenvalue weighted by Crippen LogP contribution is 2.18. The van der Waals surface area contributed by atoms with Gasteiger partial charge in [-0.15, -0.1) is 0 Å². The van der Waals surface area contributed by atoms with Crippen molar-refractivity contribution in [3.05, 3.63) is 29.6 Å². The predicted molar refractivity (Wildman–Crippen MR) is 72.8 cm³/mol. The SMILES string of the molecule is CC1CN(C)CCCN1Cc1ccc(F)cc1N. The molecule has 4 heteroatoms. The minimum atomic E-state index is -0.264. The summed E-state index contributed by atoms with van der Waals surface area (Å²) in [5, 5.41) is 0. The summed E-state index contributed by atoms with van der Waals surface area (Å²) in [5.74, 6) is -0.264. The Balaban J connectivity index is 2.07. The number of halogens is 1. The molecule has 1 saturated heterocycles. The van der Waals surface area contributed by atoms with Crippen LogP contribution in [0.5, 0.6) is 0 Å². The summed E-state index contributed by atoms with van der Waals surface area (Å²) >= 11 is 0. The topological polar surface area (TPSA) is 32.5 Å². The van der Waals surface area contributed by atoms with Crippen LogP contribution in [0.3, 0.4) is 0 Å². The molecule has 1 aliphatic rings. The molecular weight excluding hydrogens is 229 g/mol. The Hall–Kier alpha value is -1.13. The fraction of sp³-hybridized carbons (Fsp3) is 0.571. The van der Waals surface area contributed by atoms with Crippen molar-refractivity contribution in [2.75, 3.05) is 32.4 Å². The van der Waals surface area contributed by atoms with E-state index in [1.807, 2.05) is 0 Å². The van der Waals surface area contributed by atoms with Gasteiger partial charge in [0.15, 0.2) is 0 Å². The first kappa shape index (κ1) is 13.3. The summed E-state index contributed by atoms with van der Waals surface area (Å²) in [5.41, 5.74) is 7.45. The van der Waals surface area contributed by atoms with Crippen molar-refractivity contribution >= 4 is 5.69 Å². The maximum absolute atomic E-state index is 13.0. The second-order valence-electron chi connectivity index (χ2n) is 5.28. The molecule has 3 nitrogen and oxygen atoms in total. The van der Waals surface area contributed by atoms with Gasteiger partial charge in [-0.05, 0) is 44.6 Å². The van der Waals surface area contributed by atoms with E-state index in [9.17, 15) is 4.39 Å². The lowest BCUT2D eigenvalue weighted by Crippen LogP contribution is -2.37. The second-order valence-corrected chi connectivity index (χ2v) is 5.28. The van der Waals surface area contributed by atoms with Crippen LogP contribution in [0.1, 0.15) is 18.9 Å². The maximum atomic E-state index is 13.0. The molecule has 0 radical (unpaired) electrons. The Labute approximate surface area is 108 Å². The molecule has 0 amide bonds. The van der Waals surface area contributed by atoms with E-state index in [1.54, 1.807) is 6.07 Å². The van der Waals surface area contributed by atoms with E-state index in [0.717, 1.165) is 31.7 Å². The molecule has 1 aromatic carbocycles. The molecule has 1 unspecified atom stereocenters. The molecular formula is C14H22FN3. The van der Waals surface area contributed by atoms with E-state index in [4.69, 9.17) is 5.73 Å². The third-order valence-corrected chi connectivity index (χ3v) is 3.67. The fourth-order valence-corrected chi connectivity index (χ4v) is 2.59. The van der Waals surface area contributed by atoms with Crippen LogP contribution in [0.2, 0.25) is 0 Å². The van der Waals surface area contributed by atoms with Gasteiger partial charge in [0, 0.05) is 31.4 Å². The molecule has 0 spiro atoms. The Morgan fingerprint density at radius 3 is 2.89 bits per heavy atom. The average Bonchev–Trinajstić information content (AvgIpc) is 2.44. The monoisotopic (exact) mass is 251 g/mol. The Morgan fingerprint density at radius 1 is 1.39 bits per heavy atom. The molecule has 1 atom stereocenters. The number of benzene rings is 1. The highest BCUT2D eigenvalue weighted by Gasteiger charge is 2.20. The number of rotatable bonds is 2. The number of likely N-dealkylation sites (N-methyl/N-ethyl adjacent to an activating group) is 1. The standard InChI is InChI=1S/C14H22FN3/c1-11-9-17(2)6-3-7-18(11)10-12-4-5-13(15)8-14(12)16/h4-5,8,11H,3,6-7,9-10,16H2,1-2H3. The van der Waals surface area contributed by atoms with Crippen molar-refractivity contribution in [1.82, 2.24) is 9.80 Å². The van der Waals surface area contributed by atoms with Gasteiger partial charge in [0.1, 0.15) is 5.82 Å². The van der Waals surface area contributed by atoms with Gasteiger partial charge in [-0.1, -0.05) is 6.07 Å². The van der Waals surface area contributed by atoms with Crippen LogP contribution < -0.4 is 5.73 Å². The quantitative estimate of drug-likeness (QED) is 0.815. The summed E-state index contributed by atoms with van der Waals surface area (Å²) in [6, 6.07) is 5.19. The molecule has 0 bridgehead atoms. The first-order valence-corrected chi connectivity index (χ1v) is 6.53. The Morgan fingerprint density at radius 2 is 2.17 bits per heavy atom. The fourth-order valence-electron chi connectivity index (χ4n) is 2.59. The average molecular weight is 251 g/mol. The molecule has 100 valence electrons. The van der Waals surface area contributed by atoms with E-state index < -0.39 is 0 Å². The van der Waals surface area contributed by atoms with Crippen molar-refractivity contribution in [1.29, 1.82) is 0 Å². The zero-order chi connectivity index (χ0) is 13.1. The van der Waals surface area contributed by atoms with Gasteiger partial charge in [-0.2, -0.15) is 0 Å². The second kappa shape index (κ2) is 5.67. The van der Waals surface area contributed by atoms with Gasteiger partial charge in [-0.3, -0.25) is 4.90 Å².